The Hall–Kier alpha value is -7.00. The maximum absolute atomic E-state index is 2.50. The first kappa shape index (κ1) is 32.3. The van der Waals surface area contributed by atoms with Gasteiger partial charge in [-0.1, -0.05) is 164 Å². The average molecular weight is 742 g/mol. The number of hydrogen-bond acceptors (Lipinski definition) is 1. The Morgan fingerprint density at radius 1 is 0.368 bits per heavy atom. The van der Waals surface area contributed by atoms with E-state index in [9.17, 15) is 0 Å². The second-order valence-corrected chi connectivity index (χ2v) is 16.3. The fourth-order valence-electron chi connectivity index (χ4n) is 9.84. The fraction of sp³-hybridized carbons (Fsp3) is 0.0182. The normalized spacial score (nSPS) is 13.1. The average Bonchev–Trinajstić information content (AvgIpc) is 3.93. The first-order chi connectivity index (χ1) is 28.3. The molecule has 0 N–H and O–H groups in total. The first-order valence-corrected chi connectivity index (χ1v) is 20.5. The molecule has 0 saturated heterocycles. The van der Waals surface area contributed by atoms with Crippen molar-refractivity contribution in [1.29, 1.82) is 0 Å². The van der Waals surface area contributed by atoms with Crippen LogP contribution in [0.25, 0.3) is 81.0 Å². The summed E-state index contributed by atoms with van der Waals surface area (Å²) < 4.78 is 5.15. The topological polar surface area (TPSA) is 4.93 Å². The number of rotatable bonds is 5. The van der Waals surface area contributed by atoms with E-state index in [4.69, 9.17) is 0 Å². The summed E-state index contributed by atoms with van der Waals surface area (Å²) in [6.45, 7) is 0. The largest absolute Gasteiger partial charge is 0.309 e. The molecule has 12 rings (SSSR count). The Kier molecular flexibility index (Phi) is 7.08. The molecule has 0 radical (unpaired) electrons. The maximum atomic E-state index is 2.50. The van der Waals surface area contributed by atoms with E-state index in [2.05, 4.69) is 217 Å². The molecule has 57 heavy (non-hydrogen) atoms. The predicted molar refractivity (Wildman–Crippen MR) is 242 cm³/mol. The number of thiophene rings is 1. The van der Waals surface area contributed by atoms with Crippen LogP contribution in [-0.2, 0) is 5.41 Å². The molecule has 0 saturated carbocycles. The van der Waals surface area contributed by atoms with Crippen LogP contribution in [-0.4, -0.2) is 4.57 Å². The number of fused-ring (bicyclic) bond motifs is 10. The maximum Gasteiger partial charge on any atom is 0.0714 e. The highest BCUT2D eigenvalue weighted by molar-refractivity contribution is 7.26. The van der Waals surface area contributed by atoms with Crippen LogP contribution in [0.4, 0.5) is 0 Å². The van der Waals surface area contributed by atoms with Crippen LogP contribution < -0.4 is 0 Å². The Labute approximate surface area is 335 Å². The van der Waals surface area contributed by atoms with Crippen LogP contribution >= 0.6 is 11.3 Å². The minimum atomic E-state index is -0.528. The van der Waals surface area contributed by atoms with Gasteiger partial charge in [-0.05, 0) is 104 Å². The quantitative estimate of drug-likeness (QED) is 0.166. The lowest BCUT2D eigenvalue weighted by molar-refractivity contribution is 0.768. The molecular weight excluding hydrogens is 707 g/mol. The molecule has 2 aromatic heterocycles. The molecule has 266 valence electrons. The lowest BCUT2D eigenvalue weighted by Crippen LogP contribution is -2.28. The van der Waals surface area contributed by atoms with E-state index in [1.165, 1.54) is 97.6 Å². The molecule has 0 fully saturated rings. The van der Waals surface area contributed by atoms with E-state index in [1.807, 2.05) is 11.3 Å². The van der Waals surface area contributed by atoms with Gasteiger partial charge < -0.3 is 4.57 Å². The van der Waals surface area contributed by atoms with Crippen LogP contribution in [0.15, 0.2) is 212 Å². The summed E-state index contributed by atoms with van der Waals surface area (Å²) in [6, 6.07) is 78.8. The lowest BCUT2D eigenvalue weighted by Gasteiger charge is -2.34. The van der Waals surface area contributed by atoms with Crippen molar-refractivity contribution in [3.8, 4) is 39.1 Å². The van der Waals surface area contributed by atoms with Gasteiger partial charge in [0, 0.05) is 36.6 Å². The van der Waals surface area contributed by atoms with Crippen molar-refractivity contribution in [3.05, 3.63) is 235 Å². The highest BCUT2D eigenvalue weighted by Crippen LogP contribution is 2.59. The molecule has 0 aliphatic heterocycles. The van der Waals surface area contributed by atoms with Gasteiger partial charge in [-0.3, -0.25) is 0 Å². The van der Waals surface area contributed by atoms with Crippen molar-refractivity contribution in [2.45, 2.75) is 5.41 Å². The third-order valence-electron chi connectivity index (χ3n) is 12.3. The number of benzene rings is 9. The van der Waals surface area contributed by atoms with E-state index in [1.54, 1.807) is 0 Å². The lowest BCUT2D eigenvalue weighted by atomic mass is 9.67. The summed E-state index contributed by atoms with van der Waals surface area (Å²) in [5, 5.41) is 5.18. The van der Waals surface area contributed by atoms with Gasteiger partial charge in [0.2, 0.25) is 0 Å². The molecule has 0 atom stereocenters. The van der Waals surface area contributed by atoms with E-state index in [0.717, 1.165) is 5.69 Å². The first-order valence-electron chi connectivity index (χ1n) is 19.7. The predicted octanol–water partition coefficient (Wildman–Crippen LogP) is 14.8. The molecule has 1 aliphatic carbocycles. The van der Waals surface area contributed by atoms with E-state index >= 15 is 0 Å². The van der Waals surface area contributed by atoms with E-state index in [0.29, 0.717) is 0 Å². The molecular formula is C55H35NS. The summed E-state index contributed by atoms with van der Waals surface area (Å²) >= 11 is 1.89. The smallest absolute Gasteiger partial charge is 0.0714 e. The summed E-state index contributed by atoms with van der Waals surface area (Å²) in [4.78, 5) is 0. The molecule has 2 heteroatoms. The van der Waals surface area contributed by atoms with Crippen LogP contribution in [0.1, 0.15) is 22.3 Å². The molecule has 9 aromatic carbocycles. The van der Waals surface area contributed by atoms with Gasteiger partial charge in [0.05, 0.1) is 16.4 Å². The SMILES string of the molecule is c1ccc(-c2ccc3c(c2)c2cc(-c4ccccc4)ccc2n3-c2ccc3c(c2)C(c2ccccc2)(c2ccccc2)c2ccc4sc5ccccc5c4c2-3)cc1. The van der Waals surface area contributed by atoms with Crippen molar-refractivity contribution >= 4 is 53.3 Å². The fourth-order valence-corrected chi connectivity index (χ4v) is 11.0. The molecule has 0 spiro atoms. The number of hydrogen-bond donors (Lipinski definition) is 0. The third-order valence-corrected chi connectivity index (χ3v) is 13.4. The molecule has 11 aromatic rings. The van der Waals surface area contributed by atoms with Gasteiger partial charge in [-0.25, -0.2) is 0 Å². The molecule has 1 aliphatic rings. The van der Waals surface area contributed by atoms with Crippen molar-refractivity contribution < 1.29 is 0 Å². The Bertz CT molecular complexity index is 3180. The summed E-state index contributed by atoms with van der Waals surface area (Å²) in [5.41, 5.74) is 15.7. The number of aromatic nitrogens is 1. The minimum absolute atomic E-state index is 0.528. The summed E-state index contributed by atoms with van der Waals surface area (Å²) in [5.74, 6) is 0. The minimum Gasteiger partial charge on any atom is -0.309 e. The Morgan fingerprint density at radius 2 is 0.912 bits per heavy atom. The second-order valence-electron chi connectivity index (χ2n) is 15.2. The van der Waals surface area contributed by atoms with Gasteiger partial charge in [-0.15, -0.1) is 11.3 Å². The van der Waals surface area contributed by atoms with Gasteiger partial charge in [0.15, 0.2) is 0 Å². The molecule has 2 heterocycles. The summed E-state index contributed by atoms with van der Waals surface area (Å²) in [6.07, 6.45) is 0. The Balaban J connectivity index is 1.19. The second kappa shape index (κ2) is 12.5. The molecule has 0 amide bonds. The highest BCUT2D eigenvalue weighted by atomic mass is 32.1. The summed E-state index contributed by atoms with van der Waals surface area (Å²) in [7, 11) is 0. The zero-order valence-corrected chi connectivity index (χ0v) is 31.9. The van der Waals surface area contributed by atoms with Gasteiger partial charge in [0.1, 0.15) is 0 Å². The third kappa shape index (κ3) is 4.68. The van der Waals surface area contributed by atoms with Crippen molar-refractivity contribution in [2.24, 2.45) is 0 Å². The van der Waals surface area contributed by atoms with Crippen LogP contribution in [0.5, 0.6) is 0 Å². The van der Waals surface area contributed by atoms with E-state index in [-0.39, 0.29) is 0 Å². The monoisotopic (exact) mass is 741 g/mol. The van der Waals surface area contributed by atoms with Crippen LogP contribution in [0, 0.1) is 0 Å². The van der Waals surface area contributed by atoms with Crippen LogP contribution in [0.2, 0.25) is 0 Å². The standard InChI is InChI=1S/C55H35NS/c1-5-15-36(16-6-1)38-25-30-49-45(33-38)46-34-39(37-17-7-2-8-18-37)26-31-50(46)56(49)42-27-28-43-48(35-42)55(40-19-9-3-10-20-40,41-21-11-4-12-22-41)47-29-32-52-54(53(43)47)44-23-13-14-24-51(44)57-52/h1-35H. The van der Waals surface area contributed by atoms with Crippen molar-refractivity contribution in [1.82, 2.24) is 4.57 Å². The zero-order valence-electron chi connectivity index (χ0n) is 31.1. The zero-order chi connectivity index (χ0) is 37.5. The molecule has 1 nitrogen and oxygen atoms in total. The van der Waals surface area contributed by atoms with Gasteiger partial charge in [0.25, 0.3) is 0 Å². The van der Waals surface area contributed by atoms with Crippen molar-refractivity contribution in [3.63, 3.8) is 0 Å². The number of nitrogens with zero attached hydrogens (tertiary/aromatic N) is 1. The highest BCUT2D eigenvalue weighted by Gasteiger charge is 2.47. The van der Waals surface area contributed by atoms with Crippen molar-refractivity contribution in [2.75, 3.05) is 0 Å². The molecule has 0 unspecified atom stereocenters. The Morgan fingerprint density at radius 3 is 1.51 bits per heavy atom. The van der Waals surface area contributed by atoms with E-state index < -0.39 is 5.41 Å². The van der Waals surface area contributed by atoms with Gasteiger partial charge >= 0.3 is 0 Å². The van der Waals surface area contributed by atoms with Crippen LogP contribution in [0.3, 0.4) is 0 Å². The van der Waals surface area contributed by atoms with Gasteiger partial charge in [-0.2, -0.15) is 0 Å². The molecule has 0 bridgehead atoms.